The molecule has 2 heterocycles. The normalized spacial score (nSPS) is 17.4. The van der Waals surface area contributed by atoms with Crippen molar-refractivity contribution in [2.45, 2.75) is 24.9 Å². The van der Waals surface area contributed by atoms with Gasteiger partial charge in [0.25, 0.3) is 11.8 Å². The Morgan fingerprint density at radius 2 is 1.56 bits per heavy atom. The number of nitrogens with zero attached hydrogens (tertiary/aromatic N) is 3. The van der Waals surface area contributed by atoms with Crippen LogP contribution < -0.4 is 5.73 Å². The van der Waals surface area contributed by atoms with E-state index in [-0.39, 0.29) is 44.2 Å². The molecule has 2 aromatic rings. The molecule has 1 spiro atoms. The van der Waals surface area contributed by atoms with Gasteiger partial charge in [-0.15, -0.1) is 0 Å². The molecule has 10 heteroatoms. The molecule has 4 rings (SSSR count). The van der Waals surface area contributed by atoms with E-state index in [9.17, 15) is 24.3 Å². The average Bonchev–Trinajstić information content (AvgIpc) is 3.01. The number of benzene rings is 2. The Morgan fingerprint density at radius 3 is 2.12 bits per heavy atom. The third-order valence-corrected chi connectivity index (χ3v) is 6.42. The minimum Gasteiger partial charge on any atom is -0.480 e. The summed E-state index contributed by atoms with van der Waals surface area (Å²) < 4.78 is 0. The number of amides is 4. The Kier molecular flexibility index (Phi) is 6.06. The molecule has 0 atom stereocenters. The topological polar surface area (TPSA) is 148 Å². The molecule has 0 radical (unpaired) electrons. The zero-order chi connectivity index (χ0) is 24.5. The second-order valence-corrected chi connectivity index (χ2v) is 8.45. The minimum atomic E-state index is -1.26. The Labute approximate surface area is 196 Å². The number of carboxylic acid groups (broad SMARTS) is 1. The van der Waals surface area contributed by atoms with Crippen LogP contribution in [0.25, 0.3) is 0 Å². The molecule has 2 aromatic carbocycles. The first-order chi connectivity index (χ1) is 16.2. The van der Waals surface area contributed by atoms with Gasteiger partial charge in [0.15, 0.2) is 0 Å². The number of nitrogen functional groups attached to an aromatic ring is 1. The van der Waals surface area contributed by atoms with Crippen LogP contribution in [0.5, 0.6) is 0 Å². The first-order valence-corrected chi connectivity index (χ1v) is 10.9. The number of piperidine rings is 1. The summed E-state index contributed by atoms with van der Waals surface area (Å²) in [5.41, 5.74) is 6.04. The zero-order valence-electron chi connectivity index (χ0n) is 18.4. The van der Waals surface area contributed by atoms with Crippen LogP contribution in [0.4, 0.5) is 4.79 Å². The van der Waals surface area contributed by atoms with Gasteiger partial charge in [-0.25, -0.2) is 4.79 Å². The number of amidine groups is 1. The lowest BCUT2D eigenvalue weighted by atomic mass is 9.85. The number of carbonyl (C=O) groups excluding carboxylic acids is 3. The molecule has 0 bridgehead atoms. The highest BCUT2D eigenvalue weighted by Gasteiger charge is 2.58. The van der Waals surface area contributed by atoms with E-state index in [1.807, 2.05) is 30.3 Å². The van der Waals surface area contributed by atoms with Crippen molar-refractivity contribution in [3.05, 3.63) is 71.3 Å². The Bertz CT molecular complexity index is 1140. The van der Waals surface area contributed by atoms with Crippen molar-refractivity contribution >= 4 is 29.7 Å². The van der Waals surface area contributed by atoms with E-state index in [2.05, 4.69) is 0 Å². The predicted octanol–water partition coefficient (Wildman–Crippen LogP) is 1.49. The number of imide groups is 1. The second kappa shape index (κ2) is 8.97. The Hall–Kier alpha value is -4.21. The number of nitrogens with one attached hydrogen (secondary N) is 1. The summed E-state index contributed by atoms with van der Waals surface area (Å²) >= 11 is 0. The third kappa shape index (κ3) is 4.09. The maximum absolute atomic E-state index is 13.3. The largest absolute Gasteiger partial charge is 0.480 e. The molecule has 0 saturated carbocycles. The lowest BCUT2D eigenvalue weighted by Gasteiger charge is -2.42. The van der Waals surface area contributed by atoms with Gasteiger partial charge < -0.3 is 20.6 Å². The van der Waals surface area contributed by atoms with Gasteiger partial charge in [0.2, 0.25) is 0 Å². The number of carbonyl (C=O) groups is 4. The van der Waals surface area contributed by atoms with Crippen LogP contribution in [0.15, 0.2) is 54.6 Å². The summed E-state index contributed by atoms with van der Waals surface area (Å²) in [7, 11) is 0. The zero-order valence-corrected chi connectivity index (χ0v) is 18.4. The number of rotatable bonds is 6. The van der Waals surface area contributed by atoms with Crippen LogP contribution in [0.1, 0.15) is 34.3 Å². The number of urea groups is 1. The maximum Gasteiger partial charge on any atom is 0.328 e. The highest BCUT2D eigenvalue weighted by molar-refractivity contribution is 6.09. The lowest BCUT2D eigenvalue weighted by molar-refractivity contribution is -0.144. The highest BCUT2D eigenvalue weighted by Crippen LogP contribution is 2.38. The summed E-state index contributed by atoms with van der Waals surface area (Å²) in [6.45, 7) is -0.0607. The summed E-state index contributed by atoms with van der Waals surface area (Å²) in [5, 5.41) is 16.7. The lowest BCUT2D eigenvalue weighted by Crippen LogP contribution is -2.57. The van der Waals surface area contributed by atoms with E-state index in [1.165, 1.54) is 4.90 Å². The molecule has 0 aliphatic carbocycles. The smallest absolute Gasteiger partial charge is 0.328 e. The van der Waals surface area contributed by atoms with Gasteiger partial charge in [-0.3, -0.25) is 24.7 Å². The number of carboxylic acids is 1. The molecular formula is C24H25N5O5. The van der Waals surface area contributed by atoms with Crippen LogP contribution in [0.2, 0.25) is 0 Å². The predicted molar refractivity (Wildman–Crippen MR) is 122 cm³/mol. The van der Waals surface area contributed by atoms with Gasteiger partial charge in [-0.1, -0.05) is 42.5 Å². The molecule has 0 aromatic heterocycles. The molecule has 34 heavy (non-hydrogen) atoms. The molecule has 2 aliphatic rings. The monoisotopic (exact) mass is 463 g/mol. The second-order valence-electron chi connectivity index (χ2n) is 8.45. The van der Waals surface area contributed by atoms with E-state index in [4.69, 9.17) is 11.1 Å². The van der Waals surface area contributed by atoms with Crippen molar-refractivity contribution in [2.24, 2.45) is 5.73 Å². The van der Waals surface area contributed by atoms with E-state index in [0.29, 0.717) is 11.1 Å². The van der Waals surface area contributed by atoms with Gasteiger partial charge in [-0.05, 0) is 30.5 Å². The van der Waals surface area contributed by atoms with Crippen molar-refractivity contribution in [3.63, 3.8) is 0 Å². The minimum absolute atomic E-state index is 0.0900. The average molecular weight is 463 g/mol. The number of aliphatic carboxylic acids is 1. The first-order valence-electron chi connectivity index (χ1n) is 10.9. The highest BCUT2D eigenvalue weighted by atomic mass is 16.4. The first kappa shape index (κ1) is 23.0. The molecule has 176 valence electrons. The summed E-state index contributed by atoms with van der Waals surface area (Å²) in [6, 6.07) is 15.0. The molecule has 2 aliphatic heterocycles. The van der Waals surface area contributed by atoms with Crippen LogP contribution in [-0.2, 0) is 16.1 Å². The summed E-state index contributed by atoms with van der Waals surface area (Å²) in [5.74, 6) is -2.11. The van der Waals surface area contributed by atoms with Gasteiger partial charge in [-0.2, -0.15) is 0 Å². The Balaban J connectivity index is 1.55. The van der Waals surface area contributed by atoms with Gasteiger partial charge in [0, 0.05) is 30.8 Å². The fourth-order valence-electron chi connectivity index (χ4n) is 4.58. The van der Waals surface area contributed by atoms with Gasteiger partial charge in [0.05, 0.1) is 0 Å². The molecule has 10 nitrogen and oxygen atoms in total. The van der Waals surface area contributed by atoms with E-state index < -0.39 is 30.0 Å². The van der Waals surface area contributed by atoms with Gasteiger partial charge >= 0.3 is 12.0 Å². The molecule has 4 N–H and O–H groups in total. The number of hydrogen-bond donors (Lipinski definition) is 3. The molecule has 0 unspecified atom stereocenters. The van der Waals surface area contributed by atoms with Crippen LogP contribution in [-0.4, -0.2) is 74.6 Å². The molecule has 4 amide bonds. The fourth-order valence-corrected chi connectivity index (χ4v) is 4.58. The molecular weight excluding hydrogens is 438 g/mol. The van der Waals surface area contributed by atoms with Crippen molar-refractivity contribution in [1.29, 1.82) is 5.41 Å². The molecule has 2 saturated heterocycles. The fraction of sp³-hybridized carbons (Fsp3) is 0.292. The van der Waals surface area contributed by atoms with Gasteiger partial charge in [0.1, 0.15) is 17.9 Å². The number of nitrogens with two attached hydrogens (primary N) is 1. The summed E-state index contributed by atoms with van der Waals surface area (Å²) in [6.07, 6.45) is 0.412. The third-order valence-electron chi connectivity index (χ3n) is 6.42. The summed E-state index contributed by atoms with van der Waals surface area (Å²) in [4.78, 5) is 54.6. The van der Waals surface area contributed by atoms with Crippen molar-refractivity contribution in [2.75, 3.05) is 19.6 Å². The van der Waals surface area contributed by atoms with E-state index in [1.54, 1.807) is 29.2 Å². The standard InChI is InChI=1S/C24H25N5O5/c25-20(26)17-6-8-18(9-7-17)21(32)27-12-10-24(11-13-27)22(33)28(15-19(30)31)23(34)29(24)14-16-4-2-1-3-5-16/h1-9H,10-15H2,(H3,25,26)(H,30,31). The SMILES string of the molecule is N=C(N)c1ccc(C(=O)N2CCC3(CC2)C(=O)N(CC(=O)O)C(=O)N3Cc2ccccc2)cc1. The van der Waals surface area contributed by atoms with Crippen molar-refractivity contribution in [1.82, 2.24) is 14.7 Å². The van der Waals surface area contributed by atoms with Crippen molar-refractivity contribution in [3.8, 4) is 0 Å². The maximum atomic E-state index is 13.3. The van der Waals surface area contributed by atoms with E-state index >= 15 is 0 Å². The van der Waals surface area contributed by atoms with Crippen LogP contribution in [0.3, 0.4) is 0 Å². The van der Waals surface area contributed by atoms with Crippen molar-refractivity contribution < 1.29 is 24.3 Å². The van der Waals surface area contributed by atoms with Crippen LogP contribution >= 0.6 is 0 Å². The van der Waals surface area contributed by atoms with E-state index in [0.717, 1.165) is 10.5 Å². The number of likely N-dealkylation sites (tertiary alicyclic amines) is 1. The molecule has 2 fully saturated rings. The Morgan fingerprint density at radius 1 is 0.971 bits per heavy atom. The van der Waals surface area contributed by atoms with Crippen LogP contribution in [0, 0.1) is 5.41 Å². The number of hydrogen-bond acceptors (Lipinski definition) is 5. The quantitative estimate of drug-likeness (QED) is 0.336.